The number of aliphatic imine (C=N–C) groups is 1. The van der Waals surface area contributed by atoms with Crippen molar-refractivity contribution in [3.05, 3.63) is 33.9 Å². The molecule has 0 aliphatic rings. The summed E-state index contributed by atoms with van der Waals surface area (Å²) in [5.74, 6) is -1.54. The Morgan fingerprint density at radius 3 is 2.71 bits per heavy atom. The number of halogens is 1. The van der Waals surface area contributed by atoms with Crippen LogP contribution in [-0.2, 0) is 0 Å². The standard InChI is InChI=1S/C9H8ClN3O4/c10-4-7(11)12-6-3-1-2-5(9(14)15)8(6)13(16)17/h1-3H,4H2,(H2,11,12)(H,14,15). The average Bonchev–Trinajstić information content (AvgIpc) is 2.28. The SMILES string of the molecule is NC(CCl)=Nc1cccc(C(=O)O)c1[N+](=O)[O-]. The lowest BCUT2D eigenvalue weighted by atomic mass is 10.1. The molecule has 0 fully saturated rings. The van der Waals surface area contributed by atoms with Crippen molar-refractivity contribution in [3.63, 3.8) is 0 Å². The van der Waals surface area contributed by atoms with Gasteiger partial charge in [0.25, 0.3) is 0 Å². The summed E-state index contributed by atoms with van der Waals surface area (Å²) in [4.78, 5) is 24.5. The summed E-state index contributed by atoms with van der Waals surface area (Å²) < 4.78 is 0. The maximum atomic E-state index is 10.8. The number of alkyl halides is 1. The number of nitro groups is 1. The van der Waals surface area contributed by atoms with Gasteiger partial charge in [-0.3, -0.25) is 10.1 Å². The number of para-hydroxylation sites is 1. The first kappa shape index (κ1) is 12.9. The minimum absolute atomic E-state index is 0.0303. The van der Waals surface area contributed by atoms with Crippen LogP contribution in [0.3, 0.4) is 0 Å². The number of nitro benzene ring substituents is 1. The number of rotatable bonds is 4. The number of benzene rings is 1. The summed E-state index contributed by atoms with van der Waals surface area (Å²) in [6.07, 6.45) is 0. The van der Waals surface area contributed by atoms with Crippen molar-refractivity contribution in [2.75, 3.05) is 5.88 Å². The lowest BCUT2D eigenvalue weighted by Gasteiger charge is -2.01. The van der Waals surface area contributed by atoms with E-state index in [1.807, 2.05) is 0 Å². The molecule has 0 aliphatic carbocycles. The summed E-state index contributed by atoms with van der Waals surface area (Å²) >= 11 is 5.39. The highest BCUT2D eigenvalue weighted by Crippen LogP contribution is 2.31. The van der Waals surface area contributed by atoms with E-state index in [1.54, 1.807) is 0 Å². The van der Waals surface area contributed by atoms with Crippen LogP contribution in [0.2, 0.25) is 0 Å². The van der Waals surface area contributed by atoms with Gasteiger partial charge in [-0.2, -0.15) is 0 Å². The third kappa shape index (κ3) is 2.91. The molecule has 0 aliphatic heterocycles. The predicted octanol–water partition coefficient (Wildman–Crippen LogP) is 1.52. The number of hydrogen-bond acceptors (Lipinski definition) is 4. The Morgan fingerprint density at radius 2 is 2.24 bits per heavy atom. The Kier molecular flexibility index (Phi) is 4.00. The van der Waals surface area contributed by atoms with Crippen LogP contribution in [0.5, 0.6) is 0 Å². The second-order valence-electron chi connectivity index (χ2n) is 2.97. The Balaban J connectivity index is 3.46. The molecule has 0 unspecified atom stereocenters. The normalized spacial score (nSPS) is 11.2. The molecule has 0 saturated carbocycles. The van der Waals surface area contributed by atoms with E-state index in [0.29, 0.717) is 0 Å². The van der Waals surface area contributed by atoms with Gasteiger partial charge < -0.3 is 10.8 Å². The quantitative estimate of drug-likeness (QED) is 0.279. The van der Waals surface area contributed by atoms with Crippen molar-refractivity contribution in [2.45, 2.75) is 0 Å². The summed E-state index contributed by atoms with van der Waals surface area (Å²) in [5.41, 5.74) is 4.17. The summed E-state index contributed by atoms with van der Waals surface area (Å²) in [6.45, 7) is 0. The number of carboxylic acids is 1. The van der Waals surface area contributed by atoms with Crippen LogP contribution >= 0.6 is 11.6 Å². The maximum absolute atomic E-state index is 10.8. The molecular weight excluding hydrogens is 250 g/mol. The minimum Gasteiger partial charge on any atom is -0.477 e. The van der Waals surface area contributed by atoms with Crippen LogP contribution in [0.15, 0.2) is 23.2 Å². The molecule has 7 nitrogen and oxygen atoms in total. The van der Waals surface area contributed by atoms with Crippen LogP contribution in [0.25, 0.3) is 0 Å². The van der Waals surface area contributed by atoms with Gasteiger partial charge in [0.15, 0.2) is 0 Å². The van der Waals surface area contributed by atoms with Gasteiger partial charge in [0.1, 0.15) is 17.1 Å². The Bertz CT molecular complexity index is 501. The van der Waals surface area contributed by atoms with E-state index in [-0.39, 0.29) is 17.4 Å². The van der Waals surface area contributed by atoms with Crippen LogP contribution in [0, 0.1) is 10.1 Å². The molecule has 1 rings (SSSR count). The topological polar surface area (TPSA) is 119 Å². The van der Waals surface area contributed by atoms with Crippen LogP contribution in [0.1, 0.15) is 10.4 Å². The number of amidine groups is 1. The van der Waals surface area contributed by atoms with Gasteiger partial charge in [-0.05, 0) is 12.1 Å². The first-order valence-corrected chi connectivity index (χ1v) is 4.90. The van der Waals surface area contributed by atoms with Gasteiger partial charge in [-0.15, -0.1) is 11.6 Å². The number of carbonyl (C=O) groups is 1. The van der Waals surface area contributed by atoms with Crippen molar-refractivity contribution < 1.29 is 14.8 Å². The van der Waals surface area contributed by atoms with E-state index in [0.717, 1.165) is 6.07 Å². The molecule has 1 aromatic carbocycles. The maximum Gasteiger partial charge on any atom is 0.342 e. The van der Waals surface area contributed by atoms with Crippen LogP contribution < -0.4 is 5.73 Å². The minimum atomic E-state index is -1.40. The lowest BCUT2D eigenvalue weighted by Crippen LogP contribution is -2.12. The van der Waals surface area contributed by atoms with E-state index in [1.165, 1.54) is 12.1 Å². The van der Waals surface area contributed by atoms with E-state index in [2.05, 4.69) is 4.99 Å². The molecule has 17 heavy (non-hydrogen) atoms. The molecule has 0 radical (unpaired) electrons. The van der Waals surface area contributed by atoms with E-state index >= 15 is 0 Å². The molecule has 0 atom stereocenters. The predicted molar refractivity (Wildman–Crippen MR) is 62.1 cm³/mol. The number of aromatic carboxylic acids is 1. The van der Waals surface area contributed by atoms with Crippen molar-refractivity contribution >= 4 is 34.8 Å². The van der Waals surface area contributed by atoms with Gasteiger partial charge in [-0.1, -0.05) is 6.07 Å². The molecule has 90 valence electrons. The largest absolute Gasteiger partial charge is 0.477 e. The molecule has 8 heteroatoms. The number of nitrogens with two attached hydrogens (primary N) is 1. The highest BCUT2D eigenvalue weighted by atomic mass is 35.5. The van der Waals surface area contributed by atoms with E-state index < -0.39 is 22.1 Å². The molecular formula is C9H8ClN3O4. The molecule has 0 heterocycles. The van der Waals surface area contributed by atoms with E-state index in [9.17, 15) is 14.9 Å². The fraction of sp³-hybridized carbons (Fsp3) is 0.111. The van der Waals surface area contributed by atoms with Gasteiger partial charge >= 0.3 is 11.7 Å². The monoisotopic (exact) mass is 257 g/mol. The first-order valence-electron chi connectivity index (χ1n) is 4.37. The third-order valence-electron chi connectivity index (χ3n) is 1.83. The Morgan fingerprint density at radius 1 is 1.59 bits per heavy atom. The van der Waals surface area contributed by atoms with Crippen molar-refractivity contribution in [1.82, 2.24) is 0 Å². The van der Waals surface area contributed by atoms with Crippen molar-refractivity contribution in [2.24, 2.45) is 10.7 Å². The zero-order chi connectivity index (χ0) is 13.0. The number of hydrogen-bond donors (Lipinski definition) is 2. The molecule has 0 aromatic heterocycles. The van der Waals surface area contributed by atoms with Gasteiger partial charge in [-0.25, -0.2) is 9.79 Å². The highest BCUT2D eigenvalue weighted by Gasteiger charge is 2.23. The number of carboxylic acid groups (broad SMARTS) is 1. The highest BCUT2D eigenvalue weighted by molar-refractivity contribution is 6.28. The van der Waals surface area contributed by atoms with E-state index in [4.69, 9.17) is 22.4 Å². The Hall–Kier alpha value is -2.15. The first-order chi connectivity index (χ1) is 7.97. The molecule has 3 N–H and O–H groups in total. The number of nitrogens with zero attached hydrogens (tertiary/aromatic N) is 2. The molecule has 0 spiro atoms. The van der Waals surface area contributed by atoms with Gasteiger partial charge in [0.05, 0.1) is 10.8 Å². The summed E-state index contributed by atoms with van der Waals surface area (Å²) in [6, 6.07) is 3.76. The Labute approximate surface area is 101 Å². The fourth-order valence-corrected chi connectivity index (χ4v) is 1.23. The van der Waals surface area contributed by atoms with Gasteiger partial charge in [0, 0.05) is 0 Å². The van der Waals surface area contributed by atoms with Gasteiger partial charge in [0.2, 0.25) is 0 Å². The van der Waals surface area contributed by atoms with Crippen molar-refractivity contribution in [1.29, 1.82) is 0 Å². The summed E-state index contributed by atoms with van der Waals surface area (Å²) in [7, 11) is 0. The zero-order valence-corrected chi connectivity index (χ0v) is 9.22. The zero-order valence-electron chi connectivity index (χ0n) is 8.46. The lowest BCUT2D eigenvalue weighted by molar-refractivity contribution is -0.384. The second kappa shape index (κ2) is 5.26. The molecule has 0 bridgehead atoms. The van der Waals surface area contributed by atoms with Crippen LogP contribution in [0.4, 0.5) is 11.4 Å². The average molecular weight is 258 g/mol. The summed E-state index contributed by atoms with van der Waals surface area (Å²) in [5, 5.41) is 19.6. The second-order valence-corrected chi connectivity index (χ2v) is 3.24. The van der Waals surface area contributed by atoms with Crippen molar-refractivity contribution in [3.8, 4) is 0 Å². The molecule has 1 aromatic rings. The fourth-order valence-electron chi connectivity index (χ4n) is 1.17. The third-order valence-corrected chi connectivity index (χ3v) is 2.10. The smallest absolute Gasteiger partial charge is 0.342 e. The van der Waals surface area contributed by atoms with Crippen LogP contribution in [-0.4, -0.2) is 27.7 Å². The molecule has 0 amide bonds. The molecule has 0 saturated heterocycles.